The molecule has 2 aromatic rings. The zero-order valence-corrected chi connectivity index (χ0v) is 12.4. The van der Waals surface area contributed by atoms with Gasteiger partial charge in [-0.2, -0.15) is 0 Å². The van der Waals surface area contributed by atoms with Crippen LogP contribution in [0.3, 0.4) is 0 Å². The van der Waals surface area contributed by atoms with Gasteiger partial charge in [0.1, 0.15) is 0 Å². The topological polar surface area (TPSA) is 91.3 Å². The molecule has 1 atom stereocenters. The Kier molecular flexibility index (Phi) is 4.70. The number of hydrogen-bond donors (Lipinski definition) is 3. The van der Waals surface area contributed by atoms with Gasteiger partial charge in [-0.3, -0.25) is 5.32 Å². The van der Waals surface area contributed by atoms with E-state index in [-0.39, 0.29) is 0 Å². The summed E-state index contributed by atoms with van der Waals surface area (Å²) in [5, 5.41) is 14.4. The van der Waals surface area contributed by atoms with Crippen LogP contribution in [-0.2, 0) is 4.79 Å². The maximum atomic E-state index is 11.8. The highest BCUT2D eigenvalue weighted by Gasteiger charge is 2.22. The van der Waals surface area contributed by atoms with E-state index in [1.807, 2.05) is 0 Å². The van der Waals surface area contributed by atoms with E-state index in [9.17, 15) is 14.7 Å². The first-order valence-corrected chi connectivity index (χ1v) is 7.14. The van der Waals surface area contributed by atoms with E-state index in [0.717, 1.165) is 3.79 Å². The molecule has 0 radical (unpaired) electrons. The van der Waals surface area contributed by atoms with Crippen LogP contribution < -0.4 is 10.6 Å². The minimum Gasteiger partial charge on any atom is -0.479 e. The van der Waals surface area contributed by atoms with Crippen LogP contribution in [0.15, 0.2) is 40.3 Å². The molecule has 1 aromatic heterocycles. The number of aliphatic carboxylic acids is 1. The summed E-state index contributed by atoms with van der Waals surface area (Å²) in [5.74, 6) is -1.13. The van der Waals surface area contributed by atoms with Crippen molar-refractivity contribution in [1.29, 1.82) is 0 Å². The van der Waals surface area contributed by atoms with Crippen LogP contribution in [0, 0.1) is 0 Å². The molecule has 1 aromatic carbocycles. The third-order valence-corrected chi connectivity index (χ3v) is 3.74. The number of nitrogens with zero attached hydrogens (tertiary/aromatic N) is 1. The zero-order valence-electron chi connectivity index (χ0n) is 10.0. The maximum Gasteiger partial charge on any atom is 0.330 e. The van der Waals surface area contributed by atoms with Crippen molar-refractivity contribution in [3.8, 4) is 0 Å². The molecule has 0 aliphatic heterocycles. The number of anilines is 1. The molecule has 2 rings (SSSR count). The number of urea groups is 1. The smallest absolute Gasteiger partial charge is 0.330 e. The number of carbonyl (C=O) groups excluding carboxylic acids is 1. The van der Waals surface area contributed by atoms with Crippen molar-refractivity contribution in [2.45, 2.75) is 6.04 Å². The fourth-order valence-corrected chi connectivity index (χ4v) is 2.61. The quantitative estimate of drug-likeness (QED) is 0.786. The fraction of sp³-hybridized carbons (Fsp3) is 0.0833. The van der Waals surface area contributed by atoms with Crippen molar-refractivity contribution in [3.05, 3.63) is 45.9 Å². The molecule has 0 aliphatic carbocycles. The standard InChI is InChI=1S/C12H10BrN3O3S/c13-8-6-14-12(20-8)16-11(19)15-9(10(17)18)7-4-2-1-3-5-7/h1-6,9H,(H,17,18)(H2,14,15,16,19). The van der Waals surface area contributed by atoms with Crippen molar-refractivity contribution in [2.24, 2.45) is 0 Å². The average molecular weight is 356 g/mol. The largest absolute Gasteiger partial charge is 0.479 e. The Labute approximate surface area is 127 Å². The van der Waals surface area contributed by atoms with Gasteiger partial charge in [0.2, 0.25) is 0 Å². The first kappa shape index (κ1) is 14.5. The second kappa shape index (κ2) is 6.49. The zero-order chi connectivity index (χ0) is 14.5. The van der Waals surface area contributed by atoms with E-state index in [1.54, 1.807) is 36.5 Å². The molecule has 0 spiro atoms. The van der Waals surface area contributed by atoms with Crippen LogP contribution in [0.1, 0.15) is 11.6 Å². The lowest BCUT2D eigenvalue weighted by Gasteiger charge is -2.14. The molecule has 2 amide bonds. The predicted molar refractivity (Wildman–Crippen MR) is 78.8 cm³/mol. The number of hydrogen-bond acceptors (Lipinski definition) is 4. The van der Waals surface area contributed by atoms with Crippen LogP contribution in [0.2, 0.25) is 0 Å². The number of halogens is 1. The molecule has 20 heavy (non-hydrogen) atoms. The molecule has 0 fully saturated rings. The summed E-state index contributed by atoms with van der Waals surface area (Å²) in [5.41, 5.74) is 0.496. The summed E-state index contributed by atoms with van der Waals surface area (Å²) in [6, 6.07) is 6.74. The summed E-state index contributed by atoms with van der Waals surface area (Å²) in [6.07, 6.45) is 1.55. The van der Waals surface area contributed by atoms with Crippen LogP contribution in [0.4, 0.5) is 9.93 Å². The van der Waals surface area contributed by atoms with Gasteiger partial charge in [0.15, 0.2) is 11.2 Å². The van der Waals surface area contributed by atoms with Gasteiger partial charge in [-0.05, 0) is 21.5 Å². The predicted octanol–water partition coefficient (Wildman–Crippen LogP) is 2.85. The van der Waals surface area contributed by atoms with E-state index >= 15 is 0 Å². The summed E-state index contributed by atoms with van der Waals surface area (Å²) < 4.78 is 0.769. The Morgan fingerprint density at radius 3 is 2.55 bits per heavy atom. The highest BCUT2D eigenvalue weighted by Crippen LogP contribution is 2.23. The molecular formula is C12H10BrN3O3S. The minimum atomic E-state index is -1.13. The number of thiazole rings is 1. The van der Waals surface area contributed by atoms with Crippen LogP contribution in [0.5, 0.6) is 0 Å². The van der Waals surface area contributed by atoms with Crippen molar-refractivity contribution < 1.29 is 14.7 Å². The number of carboxylic acid groups (broad SMARTS) is 1. The number of amides is 2. The molecular weight excluding hydrogens is 346 g/mol. The summed E-state index contributed by atoms with van der Waals surface area (Å²) in [4.78, 5) is 26.9. The number of aromatic nitrogens is 1. The first-order chi connectivity index (χ1) is 9.56. The number of carboxylic acids is 1. The van der Waals surface area contributed by atoms with Gasteiger partial charge >= 0.3 is 12.0 Å². The average Bonchev–Trinajstić information content (AvgIpc) is 2.82. The van der Waals surface area contributed by atoms with E-state index in [0.29, 0.717) is 10.7 Å². The van der Waals surface area contributed by atoms with Gasteiger partial charge in [-0.15, -0.1) is 0 Å². The van der Waals surface area contributed by atoms with Gasteiger partial charge in [0.05, 0.1) is 9.98 Å². The minimum absolute atomic E-state index is 0.381. The monoisotopic (exact) mass is 355 g/mol. The van der Waals surface area contributed by atoms with Crippen molar-refractivity contribution in [2.75, 3.05) is 5.32 Å². The molecule has 0 saturated heterocycles. The Bertz CT molecular complexity index is 617. The lowest BCUT2D eigenvalue weighted by Crippen LogP contribution is -2.36. The lowest BCUT2D eigenvalue weighted by molar-refractivity contribution is -0.139. The van der Waals surface area contributed by atoms with E-state index < -0.39 is 18.0 Å². The highest BCUT2D eigenvalue weighted by molar-refractivity contribution is 9.11. The molecule has 1 heterocycles. The third kappa shape index (κ3) is 3.78. The van der Waals surface area contributed by atoms with Crippen molar-refractivity contribution >= 4 is 44.4 Å². The Morgan fingerprint density at radius 1 is 1.30 bits per heavy atom. The number of rotatable bonds is 4. The molecule has 3 N–H and O–H groups in total. The van der Waals surface area contributed by atoms with Gasteiger partial charge in [0, 0.05) is 0 Å². The van der Waals surface area contributed by atoms with Crippen LogP contribution >= 0.6 is 27.3 Å². The van der Waals surface area contributed by atoms with Crippen molar-refractivity contribution in [1.82, 2.24) is 10.3 Å². The number of benzene rings is 1. The molecule has 0 saturated carbocycles. The number of carbonyl (C=O) groups is 2. The highest BCUT2D eigenvalue weighted by atomic mass is 79.9. The Morgan fingerprint density at radius 2 is 2.00 bits per heavy atom. The van der Waals surface area contributed by atoms with Gasteiger partial charge in [-0.1, -0.05) is 41.7 Å². The second-order valence-corrected chi connectivity index (χ2v) is 6.16. The van der Waals surface area contributed by atoms with Crippen LogP contribution in [0.25, 0.3) is 0 Å². The molecule has 6 nitrogen and oxygen atoms in total. The van der Waals surface area contributed by atoms with Gasteiger partial charge in [0.25, 0.3) is 0 Å². The lowest BCUT2D eigenvalue weighted by atomic mass is 10.1. The fourth-order valence-electron chi connectivity index (χ4n) is 1.51. The Balaban J connectivity index is 2.05. The van der Waals surface area contributed by atoms with Crippen molar-refractivity contribution in [3.63, 3.8) is 0 Å². The van der Waals surface area contributed by atoms with E-state index in [4.69, 9.17) is 0 Å². The first-order valence-electron chi connectivity index (χ1n) is 5.53. The van der Waals surface area contributed by atoms with Gasteiger partial charge < -0.3 is 10.4 Å². The third-order valence-electron chi connectivity index (χ3n) is 2.35. The summed E-state index contributed by atoms with van der Waals surface area (Å²) in [6.45, 7) is 0. The van der Waals surface area contributed by atoms with E-state index in [2.05, 4.69) is 31.5 Å². The second-order valence-electron chi connectivity index (χ2n) is 3.75. The normalized spacial score (nSPS) is 11.7. The molecule has 104 valence electrons. The molecule has 1 unspecified atom stereocenters. The van der Waals surface area contributed by atoms with Crippen LogP contribution in [-0.4, -0.2) is 22.1 Å². The maximum absolute atomic E-state index is 11.8. The molecule has 0 bridgehead atoms. The Hall–Kier alpha value is -1.93. The SMILES string of the molecule is O=C(Nc1ncc(Br)s1)NC(C(=O)O)c1ccccc1. The van der Waals surface area contributed by atoms with E-state index in [1.165, 1.54) is 11.3 Å². The molecule has 0 aliphatic rings. The van der Waals surface area contributed by atoms with Gasteiger partial charge in [-0.25, -0.2) is 14.6 Å². The number of nitrogens with one attached hydrogen (secondary N) is 2. The summed E-state index contributed by atoms with van der Waals surface area (Å²) in [7, 11) is 0. The molecule has 8 heteroatoms. The summed E-state index contributed by atoms with van der Waals surface area (Å²) >= 11 is 4.46.